The van der Waals surface area contributed by atoms with E-state index >= 15 is 0 Å². The van der Waals surface area contributed by atoms with Crippen molar-refractivity contribution in [1.82, 2.24) is 4.98 Å². The van der Waals surface area contributed by atoms with Crippen LogP contribution in [0.25, 0.3) is 10.8 Å². The van der Waals surface area contributed by atoms with E-state index < -0.39 is 0 Å². The summed E-state index contributed by atoms with van der Waals surface area (Å²) in [5.41, 5.74) is 2.35. The second-order valence-corrected chi connectivity index (χ2v) is 6.13. The van der Waals surface area contributed by atoms with Crippen molar-refractivity contribution in [2.45, 2.75) is 6.54 Å². The highest BCUT2D eigenvalue weighted by molar-refractivity contribution is 14.1. The molecule has 0 unspecified atom stereocenters. The molecule has 0 aliphatic carbocycles. The van der Waals surface area contributed by atoms with E-state index in [1.54, 1.807) is 0 Å². The average molecular weight is 395 g/mol. The Labute approximate surface area is 136 Å². The lowest BCUT2D eigenvalue weighted by Gasteiger charge is -2.09. The van der Waals surface area contributed by atoms with E-state index in [9.17, 15) is 0 Å². The van der Waals surface area contributed by atoms with Gasteiger partial charge < -0.3 is 5.32 Å². The van der Waals surface area contributed by atoms with Crippen LogP contribution in [0.2, 0.25) is 5.02 Å². The number of pyridine rings is 1. The number of nitrogens with one attached hydrogen (secondary N) is 1. The summed E-state index contributed by atoms with van der Waals surface area (Å²) in [6, 6.07) is 14.3. The Hall–Kier alpha value is -1.33. The van der Waals surface area contributed by atoms with Gasteiger partial charge in [0.15, 0.2) is 0 Å². The molecule has 0 aliphatic heterocycles. The summed E-state index contributed by atoms with van der Waals surface area (Å²) < 4.78 is 1.13. The smallest absolute Gasteiger partial charge is 0.0479 e. The molecule has 0 saturated heterocycles. The van der Waals surface area contributed by atoms with Gasteiger partial charge in [0.1, 0.15) is 0 Å². The van der Waals surface area contributed by atoms with Crippen molar-refractivity contribution in [2.75, 3.05) is 5.32 Å². The maximum absolute atomic E-state index is 5.96. The Kier molecular flexibility index (Phi) is 4.08. The summed E-state index contributed by atoms with van der Waals surface area (Å²) in [6.07, 6.45) is 3.70. The van der Waals surface area contributed by atoms with Crippen LogP contribution in [-0.4, -0.2) is 4.98 Å². The van der Waals surface area contributed by atoms with Gasteiger partial charge in [-0.15, -0.1) is 0 Å². The fraction of sp³-hybridized carbons (Fsp3) is 0.0625. The zero-order chi connectivity index (χ0) is 13.9. The van der Waals surface area contributed by atoms with Crippen molar-refractivity contribution in [2.24, 2.45) is 0 Å². The van der Waals surface area contributed by atoms with Gasteiger partial charge >= 0.3 is 0 Å². The molecule has 0 radical (unpaired) electrons. The molecule has 2 nitrogen and oxygen atoms in total. The number of benzene rings is 2. The number of fused-ring (bicyclic) bond motifs is 1. The number of nitrogens with zero attached hydrogens (tertiary/aromatic N) is 1. The lowest BCUT2D eigenvalue weighted by molar-refractivity contribution is 1.15. The number of hydrogen-bond acceptors (Lipinski definition) is 2. The predicted molar refractivity (Wildman–Crippen MR) is 93.2 cm³/mol. The summed E-state index contributed by atoms with van der Waals surface area (Å²) >= 11 is 8.25. The first kappa shape index (κ1) is 13.6. The molecule has 3 aromatic rings. The zero-order valence-corrected chi connectivity index (χ0v) is 13.5. The predicted octanol–water partition coefficient (Wildman–Crippen LogP) is 5.10. The molecule has 2 aromatic carbocycles. The van der Waals surface area contributed by atoms with Gasteiger partial charge in [0.2, 0.25) is 0 Å². The summed E-state index contributed by atoms with van der Waals surface area (Å²) in [5, 5.41) is 6.58. The number of hydrogen-bond donors (Lipinski definition) is 1. The van der Waals surface area contributed by atoms with Crippen LogP contribution in [0.15, 0.2) is 54.9 Å². The largest absolute Gasteiger partial charge is 0.380 e. The summed E-state index contributed by atoms with van der Waals surface area (Å²) in [6.45, 7) is 0.788. The van der Waals surface area contributed by atoms with E-state index in [4.69, 9.17) is 11.6 Å². The van der Waals surface area contributed by atoms with Gasteiger partial charge in [-0.05, 0) is 63.9 Å². The van der Waals surface area contributed by atoms with Crippen molar-refractivity contribution >= 4 is 50.7 Å². The monoisotopic (exact) mass is 394 g/mol. The number of halogens is 2. The van der Waals surface area contributed by atoms with Crippen LogP contribution in [0.4, 0.5) is 5.69 Å². The summed E-state index contributed by atoms with van der Waals surface area (Å²) in [7, 11) is 0. The molecule has 0 saturated carbocycles. The van der Waals surface area contributed by atoms with E-state index in [0.717, 1.165) is 26.2 Å². The van der Waals surface area contributed by atoms with Crippen molar-refractivity contribution in [3.05, 3.63) is 69.0 Å². The Bertz CT molecular complexity index is 758. The average Bonchev–Trinajstić information content (AvgIpc) is 2.46. The lowest BCUT2D eigenvalue weighted by Crippen LogP contribution is -2.00. The molecule has 4 heteroatoms. The highest BCUT2D eigenvalue weighted by atomic mass is 127. The highest BCUT2D eigenvalue weighted by Gasteiger charge is 2.01. The van der Waals surface area contributed by atoms with E-state index in [1.807, 2.05) is 36.7 Å². The van der Waals surface area contributed by atoms with Gasteiger partial charge in [-0.25, -0.2) is 0 Å². The number of aromatic nitrogens is 1. The normalized spacial score (nSPS) is 10.7. The zero-order valence-electron chi connectivity index (χ0n) is 10.6. The summed E-state index contributed by atoms with van der Waals surface area (Å²) in [5.74, 6) is 0. The van der Waals surface area contributed by atoms with Gasteiger partial charge in [-0.3, -0.25) is 4.98 Å². The molecular weight excluding hydrogens is 383 g/mol. The third kappa shape index (κ3) is 3.04. The molecule has 20 heavy (non-hydrogen) atoms. The lowest BCUT2D eigenvalue weighted by atomic mass is 10.1. The Morgan fingerprint density at radius 1 is 1.05 bits per heavy atom. The van der Waals surface area contributed by atoms with Crippen LogP contribution < -0.4 is 5.32 Å². The van der Waals surface area contributed by atoms with Crippen LogP contribution >= 0.6 is 34.2 Å². The van der Waals surface area contributed by atoms with E-state index in [2.05, 4.69) is 51.1 Å². The standard InChI is InChI=1S/C16H12ClIN2/c17-14-3-4-16(15(18)8-14)20-9-11-1-2-13-10-19-6-5-12(13)7-11/h1-8,10,20H,9H2. The Balaban J connectivity index is 1.79. The molecule has 100 valence electrons. The van der Waals surface area contributed by atoms with Crippen LogP contribution in [0.1, 0.15) is 5.56 Å². The van der Waals surface area contributed by atoms with Gasteiger partial charge in [-0.2, -0.15) is 0 Å². The molecular formula is C16H12ClIN2. The van der Waals surface area contributed by atoms with Crippen LogP contribution in [-0.2, 0) is 6.54 Å². The SMILES string of the molecule is Clc1ccc(NCc2ccc3cnccc3c2)c(I)c1. The highest BCUT2D eigenvalue weighted by Crippen LogP contribution is 2.23. The van der Waals surface area contributed by atoms with Crippen LogP contribution in [0.5, 0.6) is 0 Å². The molecule has 1 aromatic heterocycles. The molecule has 3 rings (SSSR count). The molecule has 0 atom stereocenters. The van der Waals surface area contributed by atoms with E-state index in [-0.39, 0.29) is 0 Å². The van der Waals surface area contributed by atoms with Crippen LogP contribution in [0, 0.1) is 3.57 Å². The topological polar surface area (TPSA) is 24.9 Å². The second kappa shape index (κ2) is 5.97. The molecule has 0 bridgehead atoms. The third-order valence-electron chi connectivity index (χ3n) is 3.12. The van der Waals surface area contributed by atoms with Gasteiger partial charge in [0.05, 0.1) is 0 Å². The van der Waals surface area contributed by atoms with Crippen molar-refractivity contribution < 1.29 is 0 Å². The van der Waals surface area contributed by atoms with Crippen molar-refractivity contribution in [1.29, 1.82) is 0 Å². The van der Waals surface area contributed by atoms with Gasteiger partial charge in [0.25, 0.3) is 0 Å². The Morgan fingerprint density at radius 2 is 1.95 bits per heavy atom. The Morgan fingerprint density at radius 3 is 2.80 bits per heavy atom. The molecule has 1 heterocycles. The van der Waals surface area contributed by atoms with Gasteiger partial charge in [0, 0.05) is 38.6 Å². The second-order valence-electron chi connectivity index (χ2n) is 4.53. The molecule has 0 fully saturated rings. The fourth-order valence-corrected chi connectivity index (χ4v) is 3.14. The minimum Gasteiger partial charge on any atom is -0.380 e. The first-order valence-corrected chi connectivity index (χ1v) is 7.69. The van der Waals surface area contributed by atoms with Gasteiger partial charge in [-0.1, -0.05) is 23.7 Å². The molecule has 0 spiro atoms. The first-order valence-electron chi connectivity index (χ1n) is 6.24. The third-order valence-corrected chi connectivity index (χ3v) is 4.25. The quantitative estimate of drug-likeness (QED) is 0.625. The maximum atomic E-state index is 5.96. The fourth-order valence-electron chi connectivity index (χ4n) is 2.07. The van der Waals surface area contributed by atoms with Crippen molar-refractivity contribution in [3.63, 3.8) is 0 Å². The van der Waals surface area contributed by atoms with Crippen LogP contribution in [0.3, 0.4) is 0 Å². The number of anilines is 1. The van der Waals surface area contributed by atoms with Crippen molar-refractivity contribution in [3.8, 4) is 0 Å². The molecule has 1 N–H and O–H groups in total. The molecule has 0 aliphatic rings. The first-order chi connectivity index (χ1) is 9.72. The minimum absolute atomic E-state index is 0.762. The summed E-state index contributed by atoms with van der Waals surface area (Å²) in [4.78, 5) is 4.13. The maximum Gasteiger partial charge on any atom is 0.0479 e. The van der Waals surface area contributed by atoms with E-state index in [1.165, 1.54) is 10.9 Å². The minimum atomic E-state index is 0.762. The number of rotatable bonds is 3. The van der Waals surface area contributed by atoms with E-state index in [0.29, 0.717) is 0 Å². The molecule has 0 amide bonds.